The first-order chi connectivity index (χ1) is 48.8. The van der Waals surface area contributed by atoms with Crippen molar-refractivity contribution in [1.82, 2.24) is 9.80 Å². The molecule has 0 aromatic heterocycles. The van der Waals surface area contributed by atoms with Crippen LogP contribution >= 0.6 is 0 Å². The topological polar surface area (TPSA) is 149 Å². The van der Waals surface area contributed by atoms with Crippen LogP contribution in [0.15, 0.2) is 167 Å². The van der Waals surface area contributed by atoms with E-state index < -0.39 is 12.3 Å². The average Bonchev–Trinajstić information content (AvgIpc) is 1.56. The van der Waals surface area contributed by atoms with E-state index in [1.807, 2.05) is 131 Å². The molecule has 4 aliphatic heterocycles. The van der Waals surface area contributed by atoms with Gasteiger partial charge in [0, 0.05) is 37.8 Å². The molecule has 8 aliphatic carbocycles. The molecule has 12 aliphatic rings. The zero-order chi connectivity index (χ0) is 70.0. The maximum Gasteiger partial charge on any atom is 0.508 e. The Morgan fingerprint density at radius 1 is 0.485 bits per heavy atom. The molecule has 16 rings (SSSR count). The van der Waals surface area contributed by atoms with E-state index in [0.717, 1.165) is 138 Å². The molecule has 8 fully saturated rings. The second-order valence-corrected chi connectivity index (χ2v) is 33.5. The summed E-state index contributed by atoms with van der Waals surface area (Å²) in [6, 6.07) is 39.5. The summed E-state index contributed by atoms with van der Waals surface area (Å²) in [5.74, 6) is 4.80. The molecule has 0 unspecified atom stereocenters. The van der Waals surface area contributed by atoms with Crippen molar-refractivity contribution in [2.45, 2.75) is 254 Å². The molecular formula is C89H116N2O12. The smallest absolute Gasteiger partial charge is 0.445 e. The summed E-state index contributed by atoms with van der Waals surface area (Å²) >= 11 is 0. The van der Waals surface area contributed by atoms with Crippen molar-refractivity contribution in [3.05, 3.63) is 189 Å². The van der Waals surface area contributed by atoms with Crippen LogP contribution in [0.1, 0.15) is 202 Å². The van der Waals surface area contributed by atoms with Gasteiger partial charge in [-0.15, -0.1) is 0 Å². The van der Waals surface area contributed by atoms with Crippen LogP contribution in [0.5, 0.6) is 0 Å². The van der Waals surface area contributed by atoms with E-state index >= 15 is 0 Å². The monoisotopic (exact) mass is 1400 g/mol. The molecule has 0 N–H and O–H groups in total. The summed E-state index contributed by atoms with van der Waals surface area (Å²) in [6.07, 6.45) is 20.4. The van der Waals surface area contributed by atoms with Crippen molar-refractivity contribution in [2.75, 3.05) is 13.1 Å². The quantitative estimate of drug-likeness (QED) is 0.0845. The summed E-state index contributed by atoms with van der Waals surface area (Å²) in [4.78, 5) is 56.5. The number of piperidine rings is 2. The lowest BCUT2D eigenvalue weighted by Crippen LogP contribution is -2.54. The first-order valence-electron chi connectivity index (χ1n) is 38.6. The first-order valence-corrected chi connectivity index (χ1v) is 38.6. The summed E-state index contributed by atoms with van der Waals surface area (Å²) in [6.45, 7) is 21.3. The van der Waals surface area contributed by atoms with E-state index in [1.54, 1.807) is 11.1 Å². The minimum absolute atomic E-state index is 0. The number of carbonyl (C=O) groups is 4. The Hall–Kier alpha value is -7.16. The van der Waals surface area contributed by atoms with Crippen LogP contribution in [0.3, 0.4) is 0 Å². The van der Waals surface area contributed by atoms with Gasteiger partial charge in [-0.2, -0.15) is 0 Å². The fourth-order valence-corrected chi connectivity index (χ4v) is 22.7. The molecule has 4 aromatic carbocycles. The molecule has 4 aromatic rings. The minimum Gasteiger partial charge on any atom is -0.445 e. The highest BCUT2D eigenvalue weighted by atomic mass is 16.7. The Morgan fingerprint density at radius 3 is 1.36 bits per heavy atom. The van der Waals surface area contributed by atoms with E-state index in [1.165, 1.54) is 22.3 Å². The second kappa shape index (κ2) is 30.4. The van der Waals surface area contributed by atoms with E-state index in [2.05, 4.69) is 67.5 Å². The van der Waals surface area contributed by atoms with E-state index in [4.69, 9.17) is 37.9 Å². The Bertz CT molecular complexity index is 3820. The van der Waals surface area contributed by atoms with E-state index in [0.29, 0.717) is 60.5 Å². The fraction of sp³-hybridized carbons (Fsp3) is 0.596. The third kappa shape index (κ3) is 14.2. The highest BCUT2D eigenvalue weighted by molar-refractivity contribution is 5.69. The third-order valence-electron chi connectivity index (χ3n) is 27.9. The number of allylic oxidation sites excluding steroid dienone is 4. The maximum absolute atomic E-state index is 13.6. The Balaban J connectivity index is 0.000000180. The van der Waals surface area contributed by atoms with Gasteiger partial charge < -0.3 is 47.7 Å². The molecule has 0 bridgehead atoms. The predicted octanol–water partition coefficient (Wildman–Crippen LogP) is 20.5. The maximum atomic E-state index is 13.6. The molecular weight excluding hydrogens is 1290 g/mol. The summed E-state index contributed by atoms with van der Waals surface area (Å²) < 4.78 is 48.9. The van der Waals surface area contributed by atoms with Gasteiger partial charge in [0.25, 0.3) is 0 Å². The zero-order valence-corrected chi connectivity index (χ0v) is 61.0. The summed E-state index contributed by atoms with van der Waals surface area (Å²) in [7, 11) is 0. The van der Waals surface area contributed by atoms with Crippen molar-refractivity contribution in [3.63, 3.8) is 0 Å². The van der Waals surface area contributed by atoms with Gasteiger partial charge in [-0.05, 0) is 196 Å². The molecule has 4 saturated carbocycles. The Kier molecular flexibility index (Phi) is 21.9. The van der Waals surface area contributed by atoms with Crippen molar-refractivity contribution in [2.24, 2.45) is 70.0 Å². The van der Waals surface area contributed by atoms with Crippen LogP contribution in [0.25, 0.3) is 0 Å². The number of hydrogen-bond acceptors (Lipinski definition) is 12. The molecule has 554 valence electrons. The van der Waals surface area contributed by atoms with Gasteiger partial charge >= 0.3 is 24.5 Å². The number of rotatable bonds is 10. The van der Waals surface area contributed by atoms with E-state index in [-0.39, 0.29) is 117 Å². The zero-order valence-electron chi connectivity index (χ0n) is 61.0. The van der Waals surface area contributed by atoms with Crippen LogP contribution in [-0.4, -0.2) is 95.1 Å². The molecule has 14 heteroatoms. The number of amides is 2. The number of carbonyl (C=O) groups excluding carboxylic acids is 4. The van der Waals surface area contributed by atoms with Crippen LogP contribution in [0.2, 0.25) is 0 Å². The van der Waals surface area contributed by atoms with Gasteiger partial charge in [-0.1, -0.05) is 218 Å². The molecule has 14 nitrogen and oxygen atoms in total. The highest BCUT2D eigenvalue weighted by Gasteiger charge is 2.64. The first kappa shape index (κ1) is 74.1. The van der Waals surface area contributed by atoms with Gasteiger partial charge in [0.1, 0.15) is 38.6 Å². The van der Waals surface area contributed by atoms with Crippen molar-refractivity contribution in [3.8, 4) is 0 Å². The number of ether oxygens (including phenoxy) is 8. The lowest BCUT2D eigenvalue weighted by molar-refractivity contribution is -0.0784. The second-order valence-electron chi connectivity index (χ2n) is 33.5. The third-order valence-corrected chi connectivity index (χ3v) is 27.9. The van der Waals surface area contributed by atoms with E-state index in [9.17, 15) is 19.2 Å². The van der Waals surface area contributed by atoms with Crippen LogP contribution in [-0.2, 0) is 64.3 Å². The lowest BCUT2D eigenvalue weighted by atomic mass is 9.56. The molecule has 4 heterocycles. The average molecular weight is 1410 g/mol. The van der Waals surface area contributed by atoms with Crippen LogP contribution in [0.4, 0.5) is 19.2 Å². The van der Waals surface area contributed by atoms with Gasteiger partial charge in [0.05, 0.1) is 35.5 Å². The number of likely N-dealkylation sites (tertiary alicyclic amines) is 2. The molecule has 103 heavy (non-hydrogen) atoms. The number of nitrogens with zero attached hydrogens (tertiary/aromatic N) is 2. The molecule has 0 radical (unpaired) electrons. The highest BCUT2D eigenvalue weighted by Crippen LogP contribution is 2.67. The Morgan fingerprint density at radius 2 is 0.893 bits per heavy atom. The Labute approximate surface area is 614 Å². The molecule has 2 amide bonds. The van der Waals surface area contributed by atoms with Gasteiger partial charge in [-0.3, -0.25) is 0 Å². The molecule has 20 atom stereocenters. The van der Waals surface area contributed by atoms with Gasteiger partial charge in [0.2, 0.25) is 0 Å². The van der Waals surface area contributed by atoms with Gasteiger partial charge in [0.15, 0.2) is 0 Å². The van der Waals surface area contributed by atoms with Crippen LogP contribution in [0, 0.1) is 70.0 Å². The van der Waals surface area contributed by atoms with Crippen molar-refractivity contribution in [1.29, 1.82) is 0 Å². The summed E-state index contributed by atoms with van der Waals surface area (Å²) in [5.41, 5.74) is 12.8. The molecule has 4 saturated heterocycles. The van der Waals surface area contributed by atoms with Crippen molar-refractivity contribution >= 4 is 24.5 Å². The minimum atomic E-state index is -0.571. The van der Waals surface area contributed by atoms with Crippen molar-refractivity contribution < 1.29 is 57.1 Å². The lowest BCUT2D eigenvalue weighted by Gasteiger charge is -2.49. The summed E-state index contributed by atoms with van der Waals surface area (Å²) in [5, 5.41) is 0. The van der Waals surface area contributed by atoms with Crippen LogP contribution < -0.4 is 0 Å². The number of fused-ring (bicyclic) bond motifs is 12. The number of benzene rings is 4. The fourth-order valence-electron chi connectivity index (χ4n) is 22.7. The predicted molar refractivity (Wildman–Crippen MR) is 400 cm³/mol. The largest absolute Gasteiger partial charge is 0.508 e. The number of hydrogen-bond donors (Lipinski definition) is 0. The van der Waals surface area contributed by atoms with Gasteiger partial charge in [-0.25, -0.2) is 19.2 Å². The SMILES string of the molecule is C.C.CC1=C2C[C@H]3[C@@H](CC=C4C[C@@H](OC(=O)OCc5ccccc5)CC[C@@]43C)[C@@H]2CC[C@@]2(C1)O[C@@H]1C[C@H](C)CN(C(=O)OCc3ccccc3)[C@H]1[C@H]2C.CC1=C2C[C@H]3[C@@H](CC=C4C[C@@H](OC(=O)OCc5ccccc5)CC[C@@]43C)[C@@H]2CC[C@]12O[C@@H]1C[C@H](C)CN(C(=O)OCc3ccccc3)[C@H]1[C@H]2C. The standard InChI is InChI=1S/C44H55NO6.C43H53NO6.2CH4/c1-28-21-39-40(45(25-28)41(46)48-26-31-11-7-5-8-12-31)30(3)44(51-39)20-18-35-36-16-15-33-22-34(50-42(47)49-27-32-13-9-6-10-14-32)17-19-43(33,4)38(36)23-37(35)29(2)24-44;1-27-21-38-39(44(24-27)40(45)47-25-30-11-7-5-8-12-30)29(3)43(50-38)20-18-34-35-16-15-32-22-33(49-41(46)48-26-31-13-9-6-10-14-31)17-19-42(32,4)37(35)23-36(34)28(43)2;;/h5-15,28,30,34-36,38-40H,16-27H2,1-4H3;5-15,27,29,33-35,37-39H,16-26H2,1-4H3;2*1H4/t28-,30+,34-,35-,36-,38-,39+,40-,43-,44-;27-,29+,33-,34-,35-,37-,38+,39-,42-,43-;;/m00../s1. The normalized spacial score (nSPS) is 36.4. The molecule has 2 spiro atoms.